The van der Waals surface area contributed by atoms with Gasteiger partial charge in [0.1, 0.15) is 0 Å². The maximum absolute atomic E-state index is 9.81. The third kappa shape index (κ3) is 3.74. The fraction of sp³-hybridized carbons (Fsp3) is 0.455. The van der Waals surface area contributed by atoms with Gasteiger partial charge in [0.05, 0.1) is 0 Å². The summed E-state index contributed by atoms with van der Waals surface area (Å²) in [6.07, 6.45) is 2.46. The molecule has 1 N–H and O–H groups in total. The minimum atomic E-state index is -2.46. The Morgan fingerprint density at radius 3 is 1.80 bits per heavy atom. The van der Waals surface area contributed by atoms with Gasteiger partial charge in [-0.15, -0.1) is 0 Å². The van der Waals surface area contributed by atoms with Crippen LogP contribution in [-0.4, -0.2) is 26.6 Å². The molecule has 1 fully saturated rings. The minimum Gasteiger partial charge on any atom is -0.407 e. The van der Waals surface area contributed by atoms with Gasteiger partial charge in [0.15, 0.2) is 0 Å². The Morgan fingerprint density at radius 2 is 1.44 bits per heavy atom. The SMILES string of the molecule is CC(C)(C)[Si](OC[C@H](CO)C1CC1)(c1ccccc1)c1ccccc1. The van der Waals surface area contributed by atoms with E-state index in [2.05, 4.69) is 81.4 Å². The lowest BCUT2D eigenvalue weighted by Crippen LogP contribution is -2.67. The zero-order chi connectivity index (χ0) is 17.9. The van der Waals surface area contributed by atoms with Crippen molar-refractivity contribution in [1.29, 1.82) is 0 Å². The highest BCUT2D eigenvalue weighted by Gasteiger charge is 2.50. The fourth-order valence-corrected chi connectivity index (χ4v) is 8.52. The third-order valence-corrected chi connectivity index (χ3v) is 10.5. The Bertz CT molecular complexity index is 620. The van der Waals surface area contributed by atoms with Crippen LogP contribution in [0.3, 0.4) is 0 Å². The molecule has 1 saturated carbocycles. The van der Waals surface area contributed by atoms with E-state index >= 15 is 0 Å². The molecule has 2 aromatic carbocycles. The summed E-state index contributed by atoms with van der Waals surface area (Å²) in [6.45, 7) is 7.76. The molecule has 0 spiro atoms. The van der Waals surface area contributed by atoms with E-state index in [0.717, 1.165) is 0 Å². The van der Waals surface area contributed by atoms with Crippen LogP contribution in [0.5, 0.6) is 0 Å². The molecule has 1 atom stereocenters. The average Bonchev–Trinajstić information content (AvgIpc) is 3.44. The van der Waals surface area contributed by atoms with Crippen LogP contribution in [0.4, 0.5) is 0 Å². The molecule has 2 nitrogen and oxygen atoms in total. The van der Waals surface area contributed by atoms with Crippen LogP contribution in [0.2, 0.25) is 5.04 Å². The molecule has 0 bridgehead atoms. The van der Waals surface area contributed by atoms with E-state index in [4.69, 9.17) is 4.43 Å². The Balaban J connectivity index is 2.05. The van der Waals surface area contributed by atoms with Crippen LogP contribution in [0.1, 0.15) is 33.6 Å². The van der Waals surface area contributed by atoms with E-state index in [0.29, 0.717) is 12.5 Å². The number of aliphatic hydroxyl groups excluding tert-OH is 1. The predicted molar refractivity (Wildman–Crippen MR) is 107 cm³/mol. The van der Waals surface area contributed by atoms with Crippen molar-refractivity contribution in [1.82, 2.24) is 0 Å². The van der Waals surface area contributed by atoms with Crippen LogP contribution in [0.25, 0.3) is 0 Å². The molecule has 0 saturated heterocycles. The zero-order valence-electron chi connectivity index (χ0n) is 15.6. The molecule has 0 unspecified atom stereocenters. The number of hydrogen-bond acceptors (Lipinski definition) is 2. The average molecular weight is 355 g/mol. The molecular weight excluding hydrogens is 324 g/mol. The van der Waals surface area contributed by atoms with Gasteiger partial charge in [-0.25, -0.2) is 0 Å². The molecule has 134 valence electrons. The Hall–Kier alpha value is -1.42. The molecule has 0 aliphatic heterocycles. The van der Waals surface area contributed by atoms with Crippen LogP contribution >= 0.6 is 0 Å². The topological polar surface area (TPSA) is 29.5 Å². The molecule has 0 radical (unpaired) electrons. The maximum Gasteiger partial charge on any atom is 0.261 e. The number of benzene rings is 2. The van der Waals surface area contributed by atoms with E-state index in [-0.39, 0.29) is 17.6 Å². The van der Waals surface area contributed by atoms with Gasteiger partial charge in [-0.2, -0.15) is 0 Å². The van der Waals surface area contributed by atoms with Gasteiger partial charge in [-0.05, 0) is 34.2 Å². The lowest BCUT2D eigenvalue weighted by molar-refractivity contribution is 0.142. The predicted octanol–water partition coefficient (Wildman–Crippen LogP) is 3.58. The summed E-state index contributed by atoms with van der Waals surface area (Å²) in [5, 5.41) is 12.4. The van der Waals surface area contributed by atoms with Crippen molar-refractivity contribution >= 4 is 18.7 Å². The fourth-order valence-electron chi connectivity index (χ4n) is 3.90. The third-order valence-electron chi connectivity index (χ3n) is 5.45. The first-order chi connectivity index (χ1) is 12.0. The summed E-state index contributed by atoms with van der Waals surface area (Å²) in [7, 11) is -2.46. The van der Waals surface area contributed by atoms with Crippen molar-refractivity contribution in [3.8, 4) is 0 Å². The van der Waals surface area contributed by atoms with Crippen molar-refractivity contribution in [3.63, 3.8) is 0 Å². The largest absolute Gasteiger partial charge is 0.407 e. The first-order valence-electron chi connectivity index (χ1n) is 9.35. The van der Waals surface area contributed by atoms with Crippen molar-refractivity contribution < 1.29 is 9.53 Å². The monoisotopic (exact) mass is 354 g/mol. The zero-order valence-corrected chi connectivity index (χ0v) is 16.6. The summed E-state index contributed by atoms with van der Waals surface area (Å²) < 4.78 is 6.90. The second-order valence-electron chi connectivity index (χ2n) is 8.25. The second kappa shape index (κ2) is 7.44. The summed E-state index contributed by atoms with van der Waals surface area (Å²) in [5.74, 6) is 0.907. The highest BCUT2D eigenvalue weighted by molar-refractivity contribution is 6.99. The Kier molecular flexibility index (Phi) is 5.47. The highest BCUT2D eigenvalue weighted by Crippen LogP contribution is 2.40. The smallest absolute Gasteiger partial charge is 0.261 e. The number of hydrogen-bond donors (Lipinski definition) is 1. The first kappa shape index (κ1) is 18.4. The van der Waals surface area contributed by atoms with Crippen LogP contribution in [0.15, 0.2) is 60.7 Å². The summed E-state index contributed by atoms with van der Waals surface area (Å²) in [4.78, 5) is 0. The van der Waals surface area contributed by atoms with Gasteiger partial charge in [0, 0.05) is 19.1 Å². The molecule has 0 heterocycles. The lowest BCUT2D eigenvalue weighted by Gasteiger charge is -2.43. The van der Waals surface area contributed by atoms with Crippen LogP contribution in [0, 0.1) is 11.8 Å². The van der Waals surface area contributed by atoms with Gasteiger partial charge in [0.25, 0.3) is 8.32 Å². The van der Waals surface area contributed by atoms with E-state index in [1.165, 1.54) is 23.2 Å². The van der Waals surface area contributed by atoms with Crippen LogP contribution < -0.4 is 10.4 Å². The molecule has 1 aliphatic rings. The quantitative estimate of drug-likeness (QED) is 0.770. The number of rotatable bonds is 7. The first-order valence-corrected chi connectivity index (χ1v) is 11.3. The van der Waals surface area contributed by atoms with Gasteiger partial charge < -0.3 is 9.53 Å². The van der Waals surface area contributed by atoms with Gasteiger partial charge >= 0.3 is 0 Å². The summed E-state index contributed by atoms with van der Waals surface area (Å²) in [5.41, 5.74) is 0. The minimum absolute atomic E-state index is 0.000731. The van der Waals surface area contributed by atoms with E-state index in [1.807, 2.05) is 0 Å². The van der Waals surface area contributed by atoms with Crippen molar-refractivity contribution in [2.24, 2.45) is 11.8 Å². The van der Waals surface area contributed by atoms with Crippen molar-refractivity contribution in [2.45, 2.75) is 38.7 Å². The van der Waals surface area contributed by atoms with Crippen LogP contribution in [-0.2, 0) is 4.43 Å². The van der Waals surface area contributed by atoms with Gasteiger partial charge in [0.2, 0.25) is 0 Å². The van der Waals surface area contributed by atoms with E-state index < -0.39 is 8.32 Å². The number of aliphatic hydroxyl groups is 1. The standard InChI is InChI=1S/C22H30O2Si/c1-22(2,3)25(20-10-6-4-7-11-20,21-12-8-5-9-13-21)24-17-19(16-23)18-14-15-18/h4-13,18-19,23H,14-17H2,1-3H3/t19-/m0/s1. The van der Waals surface area contributed by atoms with E-state index in [1.54, 1.807) is 0 Å². The molecule has 3 heteroatoms. The van der Waals surface area contributed by atoms with Gasteiger partial charge in [-0.3, -0.25) is 0 Å². The summed E-state index contributed by atoms with van der Waals surface area (Å²) in [6, 6.07) is 21.4. The van der Waals surface area contributed by atoms with Crippen molar-refractivity contribution in [2.75, 3.05) is 13.2 Å². The molecule has 2 aromatic rings. The lowest BCUT2D eigenvalue weighted by atomic mass is 10.1. The molecule has 0 aromatic heterocycles. The normalized spacial score (nSPS) is 16.6. The second-order valence-corrected chi connectivity index (χ2v) is 12.6. The molecule has 0 amide bonds. The maximum atomic E-state index is 9.81. The van der Waals surface area contributed by atoms with Crippen molar-refractivity contribution in [3.05, 3.63) is 60.7 Å². The summed E-state index contributed by atoms with van der Waals surface area (Å²) >= 11 is 0. The van der Waals surface area contributed by atoms with E-state index in [9.17, 15) is 5.11 Å². The highest BCUT2D eigenvalue weighted by atomic mass is 28.4. The Morgan fingerprint density at radius 1 is 0.960 bits per heavy atom. The van der Waals surface area contributed by atoms with Gasteiger partial charge in [-0.1, -0.05) is 81.4 Å². The molecule has 25 heavy (non-hydrogen) atoms. The molecule has 3 rings (SSSR count). The molecular formula is C22H30O2Si. The Labute approximate surface area is 153 Å². The molecule has 1 aliphatic carbocycles.